The molecular formula is C18H28N2O. The summed E-state index contributed by atoms with van der Waals surface area (Å²) in [5, 5.41) is 3.93. The van der Waals surface area contributed by atoms with E-state index in [0.717, 1.165) is 18.8 Å². The van der Waals surface area contributed by atoms with Crippen LogP contribution < -0.4 is 10.1 Å². The Morgan fingerprint density at radius 2 is 2.14 bits per heavy atom. The van der Waals surface area contributed by atoms with E-state index in [1.165, 1.54) is 36.9 Å². The zero-order valence-corrected chi connectivity index (χ0v) is 13.6. The van der Waals surface area contributed by atoms with Gasteiger partial charge in [-0.15, -0.1) is 0 Å². The van der Waals surface area contributed by atoms with Crippen LogP contribution in [0.3, 0.4) is 0 Å². The second-order valence-electron chi connectivity index (χ2n) is 6.75. The molecule has 2 heterocycles. The van der Waals surface area contributed by atoms with E-state index in [-0.39, 0.29) is 0 Å². The van der Waals surface area contributed by atoms with Crippen LogP contribution in [-0.2, 0) is 0 Å². The number of likely N-dealkylation sites (tertiary alicyclic amines) is 1. The van der Waals surface area contributed by atoms with Crippen LogP contribution in [0.2, 0.25) is 0 Å². The zero-order chi connectivity index (χ0) is 14.8. The largest absolute Gasteiger partial charge is 0.493 e. The Hall–Kier alpha value is -1.06. The van der Waals surface area contributed by atoms with Crippen LogP contribution in [0.5, 0.6) is 5.75 Å². The highest BCUT2D eigenvalue weighted by molar-refractivity contribution is 5.43. The summed E-state index contributed by atoms with van der Waals surface area (Å²) in [7, 11) is 2.24. The summed E-state index contributed by atoms with van der Waals surface area (Å²) in [6, 6.07) is 8.31. The van der Waals surface area contributed by atoms with Crippen molar-refractivity contribution in [2.75, 3.05) is 20.2 Å². The van der Waals surface area contributed by atoms with Gasteiger partial charge in [-0.05, 0) is 58.7 Å². The molecule has 1 aromatic carbocycles. The van der Waals surface area contributed by atoms with Gasteiger partial charge in [-0.1, -0.05) is 18.2 Å². The van der Waals surface area contributed by atoms with Gasteiger partial charge in [0.05, 0.1) is 6.61 Å². The Morgan fingerprint density at radius 1 is 1.29 bits per heavy atom. The fourth-order valence-corrected chi connectivity index (χ4v) is 3.66. The highest BCUT2D eigenvalue weighted by Crippen LogP contribution is 2.35. The third-order valence-electron chi connectivity index (χ3n) is 5.15. The number of fused-ring (bicyclic) bond motifs is 1. The topological polar surface area (TPSA) is 24.5 Å². The minimum absolute atomic E-state index is 0.447. The lowest BCUT2D eigenvalue weighted by Gasteiger charge is -2.37. The highest BCUT2D eigenvalue weighted by Gasteiger charge is 2.27. The van der Waals surface area contributed by atoms with E-state index in [0.29, 0.717) is 18.1 Å². The van der Waals surface area contributed by atoms with E-state index in [1.807, 2.05) is 0 Å². The number of hydrogen-bond acceptors (Lipinski definition) is 3. The quantitative estimate of drug-likeness (QED) is 0.904. The van der Waals surface area contributed by atoms with Crippen molar-refractivity contribution in [3.8, 4) is 5.75 Å². The SMILES string of the molecule is Cc1cccc2c1OCCCC2NC1CCN(C)C(C)C1. The average Bonchev–Trinajstić information content (AvgIpc) is 2.67. The van der Waals surface area contributed by atoms with Crippen LogP contribution in [0, 0.1) is 6.92 Å². The molecule has 1 fully saturated rings. The maximum atomic E-state index is 5.99. The Kier molecular flexibility index (Phi) is 4.51. The van der Waals surface area contributed by atoms with Crippen molar-refractivity contribution in [3.63, 3.8) is 0 Å². The Balaban J connectivity index is 1.75. The number of nitrogens with zero attached hydrogens (tertiary/aromatic N) is 1. The molecule has 1 aromatic rings. The van der Waals surface area contributed by atoms with Crippen LogP contribution in [-0.4, -0.2) is 37.2 Å². The number of aryl methyl sites for hydroxylation is 1. The molecule has 3 rings (SSSR count). The molecule has 21 heavy (non-hydrogen) atoms. The van der Waals surface area contributed by atoms with Crippen molar-refractivity contribution in [1.29, 1.82) is 0 Å². The lowest BCUT2D eigenvalue weighted by Crippen LogP contribution is -2.46. The molecule has 116 valence electrons. The van der Waals surface area contributed by atoms with Crippen LogP contribution in [0.25, 0.3) is 0 Å². The Morgan fingerprint density at radius 3 is 2.95 bits per heavy atom. The maximum absolute atomic E-state index is 5.99. The molecular weight excluding hydrogens is 260 g/mol. The number of ether oxygens (including phenoxy) is 1. The zero-order valence-electron chi connectivity index (χ0n) is 13.6. The molecule has 0 saturated carbocycles. The highest BCUT2D eigenvalue weighted by atomic mass is 16.5. The third kappa shape index (κ3) is 3.24. The summed E-state index contributed by atoms with van der Waals surface area (Å²) in [4.78, 5) is 2.46. The van der Waals surface area contributed by atoms with E-state index in [1.54, 1.807) is 0 Å². The summed E-state index contributed by atoms with van der Waals surface area (Å²) in [6.45, 7) is 6.53. The number of rotatable bonds is 2. The predicted molar refractivity (Wildman–Crippen MR) is 86.9 cm³/mol. The second kappa shape index (κ2) is 6.37. The molecule has 2 aliphatic heterocycles. The fourth-order valence-electron chi connectivity index (χ4n) is 3.66. The molecule has 1 N–H and O–H groups in total. The summed E-state index contributed by atoms with van der Waals surface area (Å²) >= 11 is 0. The number of piperidine rings is 1. The van der Waals surface area contributed by atoms with Gasteiger partial charge in [0.1, 0.15) is 5.75 Å². The van der Waals surface area contributed by atoms with Gasteiger partial charge in [-0.3, -0.25) is 0 Å². The van der Waals surface area contributed by atoms with Gasteiger partial charge in [0.15, 0.2) is 0 Å². The smallest absolute Gasteiger partial charge is 0.126 e. The van der Waals surface area contributed by atoms with Crippen molar-refractivity contribution in [2.24, 2.45) is 0 Å². The summed E-state index contributed by atoms with van der Waals surface area (Å²) in [6.07, 6.45) is 4.81. The first-order valence-electron chi connectivity index (χ1n) is 8.33. The van der Waals surface area contributed by atoms with Crippen molar-refractivity contribution in [1.82, 2.24) is 10.2 Å². The molecule has 0 bridgehead atoms. The van der Waals surface area contributed by atoms with Gasteiger partial charge >= 0.3 is 0 Å². The predicted octanol–water partition coefficient (Wildman–Crippen LogP) is 3.28. The second-order valence-corrected chi connectivity index (χ2v) is 6.75. The average molecular weight is 288 g/mol. The van der Waals surface area contributed by atoms with Crippen molar-refractivity contribution in [2.45, 2.75) is 57.7 Å². The molecule has 3 heteroatoms. The molecule has 3 atom stereocenters. The molecule has 0 amide bonds. The third-order valence-corrected chi connectivity index (χ3v) is 5.15. The molecule has 0 aliphatic carbocycles. The first-order valence-corrected chi connectivity index (χ1v) is 8.33. The minimum Gasteiger partial charge on any atom is -0.493 e. The van der Waals surface area contributed by atoms with E-state index in [4.69, 9.17) is 4.74 Å². The van der Waals surface area contributed by atoms with E-state index < -0.39 is 0 Å². The first-order chi connectivity index (χ1) is 10.1. The molecule has 0 radical (unpaired) electrons. The number of benzene rings is 1. The minimum atomic E-state index is 0.447. The van der Waals surface area contributed by atoms with Crippen LogP contribution in [0.1, 0.15) is 49.8 Å². The molecule has 0 spiro atoms. The van der Waals surface area contributed by atoms with Gasteiger partial charge in [-0.25, -0.2) is 0 Å². The van der Waals surface area contributed by atoms with Gasteiger partial charge < -0.3 is 15.0 Å². The molecule has 0 aromatic heterocycles. The lowest BCUT2D eigenvalue weighted by molar-refractivity contribution is 0.161. The molecule has 2 aliphatic rings. The standard InChI is InChI=1S/C18H28N2O/c1-13-6-4-7-16-17(8-5-11-21-18(13)16)19-15-9-10-20(3)14(2)12-15/h4,6-7,14-15,17,19H,5,8-12H2,1-3H3. The number of para-hydroxylation sites is 1. The summed E-state index contributed by atoms with van der Waals surface area (Å²) in [5.74, 6) is 1.12. The maximum Gasteiger partial charge on any atom is 0.126 e. The van der Waals surface area contributed by atoms with Crippen molar-refractivity contribution in [3.05, 3.63) is 29.3 Å². The van der Waals surface area contributed by atoms with Gasteiger partial charge in [0.2, 0.25) is 0 Å². The van der Waals surface area contributed by atoms with Crippen molar-refractivity contribution >= 4 is 0 Å². The monoisotopic (exact) mass is 288 g/mol. The number of hydrogen-bond donors (Lipinski definition) is 1. The van der Waals surface area contributed by atoms with Gasteiger partial charge in [0.25, 0.3) is 0 Å². The normalized spacial score (nSPS) is 30.3. The Bertz CT molecular complexity index is 488. The van der Waals surface area contributed by atoms with E-state index in [2.05, 4.69) is 49.3 Å². The van der Waals surface area contributed by atoms with E-state index in [9.17, 15) is 0 Å². The van der Waals surface area contributed by atoms with Crippen LogP contribution in [0.15, 0.2) is 18.2 Å². The number of nitrogens with one attached hydrogen (secondary N) is 1. The van der Waals surface area contributed by atoms with Crippen LogP contribution in [0.4, 0.5) is 0 Å². The van der Waals surface area contributed by atoms with Gasteiger partial charge in [0, 0.05) is 23.7 Å². The molecule has 3 nitrogen and oxygen atoms in total. The summed E-state index contributed by atoms with van der Waals surface area (Å²) in [5.41, 5.74) is 2.62. The fraction of sp³-hybridized carbons (Fsp3) is 0.667. The molecule has 3 unspecified atom stereocenters. The molecule has 1 saturated heterocycles. The van der Waals surface area contributed by atoms with Crippen molar-refractivity contribution < 1.29 is 4.74 Å². The Labute approximate surface area is 128 Å². The van der Waals surface area contributed by atoms with Gasteiger partial charge in [-0.2, -0.15) is 0 Å². The summed E-state index contributed by atoms with van der Waals surface area (Å²) < 4.78 is 5.99. The van der Waals surface area contributed by atoms with Crippen LogP contribution >= 0.6 is 0 Å². The van der Waals surface area contributed by atoms with E-state index >= 15 is 0 Å². The lowest BCUT2D eigenvalue weighted by atomic mass is 9.94. The first kappa shape index (κ1) is 14.9.